The molecule has 0 saturated carbocycles. The number of rotatable bonds is 4. The standard InChI is InChI=1S/C13H11ClFNO3S/c1-19-12-7-6-9(8-10(12)14)16-20(17,18)13-5-3-2-4-11(13)15/h2-8,16H,1H3. The molecule has 2 aromatic rings. The van der Waals surface area contributed by atoms with E-state index in [4.69, 9.17) is 16.3 Å². The Morgan fingerprint density at radius 2 is 1.90 bits per heavy atom. The lowest BCUT2D eigenvalue weighted by atomic mass is 10.3. The molecule has 0 aliphatic rings. The largest absolute Gasteiger partial charge is 0.495 e. The summed E-state index contributed by atoms with van der Waals surface area (Å²) in [6, 6.07) is 9.50. The third-order valence-corrected chi connectivity index (χ3v) is 4.24. The first kappa shape index (κ1) is 14.6. The maximum atomic E-state index is 13.5. The lowest BCUT2D eigenvalue weighted by Gasteiger charge is -2.10. The Morgan fingerprint density at radius 3 is 2.50 bits per heavy atom. The Hall–Kier alpha value is -1.79. The summed E-state index contributed by atoms with van der Waals surface area (Å²) in [4.78, 5) is -0.424. The van der Waals surface area contributed by atoms with Crippen LogP contribution >= 0.6 is 11.6 Å². The summed E-state index contributed by atoms with van der Waals surface area (Å²) in [7, 11) is -2.56. The molecule has 0 fully saturated rings. The lowest BCUT2D eigenvalue weighted by molar-refractivity contribution is 0.415. The molecule has 0 heterocycles. The molecule has 0 aliphatic carbocycles. The van der Waals surface area contributed by atoms with Crippen molar-refractivity contribution in [2.24, 2.45) is 0 Å². The number of halogens is 2. The SMILES string of the molecule is COc1ccc(NS(=O)(=O)c2ccccc2F)cc1Cl. The molecule has 2 rings (SSSR count). The zero-order valence-corrected chi connectivity index (χ0v) is 12.0. The molecular formula is C13H11ClFNO3S. The van der Waals surface area contributed by atoms with Gasteiger partial charge in [-0.3, -0.25) is 4.72 Å². The normalized spacial score (nSPS) is 11.2. The van der Waals surface area contributed by atoms with Crippen molar-refractivity contribution in [1.82, 2.24) is 0 Å². The minimum absolute atomic E-state index is 0.221. The minimum atomic E-state index is -4.00. The van der Waals surface area contributed by atoms with E-state index in [0.717, 1.165) is 6.07 Å². The van der Waals surface area contributed by atoms with Crippen LogP contribution in [-0.2, 0) is 10.0 Å². The van der Waals surface area contributed by atoms with Gasteiger partial charge in [-0.25, -0.2) is 12.8 Å². The van der Waals surface area contributed by atoms with Gasteiger partial charge in [-0.2, -0.15) is 0 Å². The monoisotopic (exact) mass is 315 g/mol. The highest BCUT2D eigenvalue weighted by molar-refractivity contribution is 7.92. The number of benzene rings is 2. The van der Waals surface area contributed by atoms with Gasteiger partial charge in [0.25, 0.3) is 10.0 Å². The van der Waals surface area contributed by atoms with Crippen LogP contribution < -0.4 is 9.46 Å². The third kappa shape index (κ3) is 3.02. The van der Waals surface area contributed by atoms with Crippen molar-refractivity contribution < 1.29 is 17.5 Å². The first-order valence-electron chi connectivity index (χ1n) is 5.55. The average molecular weight is 316 g/mol. The van der Waals surface area contributed by atoms with Crippen LogP contribution in [0.15, 0.2) is 47.4 Å². The van der Waals surface area contributed by atoms with E-state index < -0.39 is 20.7 Å². The van der Waals surface area contributed by atoms with Crippen LogP contribution in [0.2, 0.25) is 5.02 Å². The Morgan fingerprint density at radius 1 is 1.20 bits per heavy atom. The third-order valence-electron chi connectivity index (χ3n) is 2.53. The smallest absolute Gasteiger partial charge is 0.264 e. The number of nitrogens with one attached hydrogen (secondary N) is 1. The van der Waals surface area contributed by atoms with Gasteiger partial charge in [0.1, 0.15) is 16.5 Å². The van der Waals surface area contributed by atoms with Crippen molar-refractivity contribution in [3.8, 4) is 5.75 Å². The molecule has 2 aromatic carbocycles. The molecule has 20 heavy (non-hydrogen) atoms. The molecular weight excluding hydrogens is 305 g/mol. The van der Waals surface area contributed by atoms with E-state index in [1.165, 1.54) is 43.5 Å². The summed E-state index contributed by atoms with van der Waals surface area (Å²) in [6.07, 6.45) is 0. The summed E-state index contributed by atoms with van der Waals surface area (Å²) in [5.74, 6) is -0.403. The average Bonchev–Trinajstić information content (AvgIpc) is 2.38. The van der Waals surface area contributed by atoms with E-state index in [0.29, 0.717) is 5.75 Å². The van der Waals surface area contributed by atoms with Crippen molar-refractivity contribution in [2.75, 3.05) is 11.8 Å². The van der Waals surface area contributed by atoms with Crippen LogP contribution in [0.3, 0.4) is 0 Å². The lowest BCUT2D eigenvalue weighted by Crippen LogP contribution is -2.14. The van der Waals surface area contributed by atoms with E-state index in [9.17, 15) is 12.8 Å². The van der Waals surface area contributed by atoms with E-state index in [1.807, 2.05) is 0 Å². The molecule has 1 N–H and O–H groups in total. The Bertz CT molecular complexity index is 734. The molecule has 0 unspecified atom stereocenters. The number of hydrogen-bond donors (Lipinski definition) is 1. The predicted molar refractivity (Wildman–Crippen MR) is 75.2 cm³/mol. The van der Waals surface area contributed by atoms with E-state index in [1.54, 1.807) is 0 Å². The molecule has 0 radical (unpaired) electrons. The van der Waals surface area contributed by atoms with Crippen molar-refractivity contribution >= 4 is 27.3 Å². The van der Waals surface area contributed by atoms with Crippen LogP contribution in [0.1, 0.15) is 0 Å². The molecule has 7 heteroatoms. The Kier molecular flexibility index (Phi) is 4.15. The summed E-state index contributed by atoms with van der Waals surface area (Å²) in [5, 5.41) is 0.251. The molecule has 4 nitrogen and oxygen atoms in total. The molecule has 106 valence electrons. The maximum absolute atomic E-state index is 13.5. The minimum Gasteiger partial charge on any atom is -0.495 e. The highest BCUT2D eigenvalue weighted by Gasteiger charge is 2.18. The molecule has 0 aromatic heterocycles. The first-order chi connectivity index (χ1) is 9.44. The van der Waals surface area contributed by atoms with Gasteiger partial charge >= 0.3 is 0 Å². The molecule has 0 saturated heterocycles. The first-order valence-corrected chi connectivity index (χ1v) is 7.41. The fraction of sp³-hybridized carbons (Fsp3) is 0.0769. The number of sulfonamides is 1. The second kappa shape index (κ2) is 5.68. The fourth-order valence-electron chi connectivity index (χ4n) is 1.60. The van der Waals surface area contributed by atoms with Gasteiger partial charge in [-0.15, -0.1) is 0 Å². The van der Waals surface area contributed by atoms with E-state index in [-0.39, 0.29) is 10.7 Å². The Labute approximate surface area is 121 Å². The van der Waals surface area contributed by atoms with Crippen LogP contribution in [-0.4, -0.2) is 15.5 Å². The van der Waals surface area contributed by atoms with Gasteiger partial charge in [0.15, 0.2) is 0 Å². The topological polar surface area (TPSA) is 55.4 Å². The van der Waals surface area contributed by atoms with Gasteiger partial charge in [0, 0.05) is 0 Å². The van der Waals surface area contributed by atoms with Gasteiger partial charge in [-0.05, 0) is 30.3 Å². The number of methoxy groups -OCH3 is 1. The highest BCUT2D eigenvalue weighted by Crippen LogP contribution is 2.28. The molecule has 0 atom stereocenters. The number of anilines is 1. The molecule has 0 aliphatic heterocycles. The quantitative estimate of drug-likeness (QED) is 0.942. The van der Waals surface area contributed by atoms with E-state index >= 15 is 0 Å². The van der Waals surface area contributed by atoms with Gasteiger partial charge < -0.3 is 4.74 Å². The predicted octanol–water partition coefficient (Wildman–Crippen LogP) is 3.29. The van der Waals surface area contributed by atoms with E-state index in [2.05, 4.69) is 4.72 Å². The van der Waals surface area contributed by atoms with Crippen molar-refractivity contribution in [3.63, 3.8) is 0 Å². The maximum Gasteiger partial charge on any atom is 0.264 e. The summed E-state index contributed by atoms with van der Waals surface area (Å²) >= 11 is 5.90. The molecule has 0 spiro atoms. The molecule has 0 bridgehead atoms. The number of ether oxygens (including phenoxy) is 1. The van der Waals surface area contributed by atoms with Gasteiger partial charge in [0.2, 0.25) is 0 Å². The van der Waals surface area contributed by atoms with Crippen LogP contribution in [0.25, 0.3) is 0 Å². The van der Waals surface area contributed by atoms with Crippen LogP contribution in [0, 0.1) is 5.82 Å². The zero-order valence-electron chi connectivity index (χ0n) is 10.4. The van der Waals surface area contributed by atoms with Crippen molar-refractivity contribution in [2.45, 2.75) is 4.90 Å². The zero-order chi connectivity index (χ0) is 14.8. The van der Waals surface area contributed by atoms with Gasteiger partial charge in [0.05, 0.1) is 17.8 Å². The van der Waals surface area contributed by atoms with Gasteiger partial charge in [-0.1, -0.05) is 23.7 Å². The summed E-state index contributed by atoms with van der Waals surface area (Å²) in [5.41, 5.74) is 0.221. The highest BCUT2D eigenvalue weighted by atomic mass is 35.5. The number of hydrogen-bond acceptors (Lipinski definition) is 3. The molecule has 0 amide bonds. The fourth-order valence-corrected chi connectivity index (χ4v) is 2.99. The second-order valence-electron chi connectivity index (χ2n) is 3.89. The van der Waals surface area contributed by atoms with Crippen LogP contribution in [0.4, 0.5) is 10.1 Å². The van der Waals surface area contributed by atoms with Crippen LogP contribution in [0.5, 0.6) is 5.75 Å². The Balaban J connectivity index is 2.34. The summed E-state index contributed by atoms with van der Waals surface area (Å²) < 4.78 is 44.9. The van der Waals surface area contributed by atoms with Crippen molar-refractivity contribution in [3.05, 3.63) is 53.3 Å². The van der Waals surface area contributed by atoms with Crippen molar-refractivity contribution in [1.29, 1.82) is 0 Å². The second-order valence-corrected chi connectivity index (χ2v) is 5.94. The summed E-state index contributed by atoms with van der Waals surface area (Å²) in [6.45, 7) is 0.